The van der Waals surface area contributed by atoms with E-state index in [0.717, 1.165) is 25.3 Å². The molecule has 0 saturated carbocycles. The lowest BCUT2D eigenvalue weighted by atomic mass is 9.96. The molecular weight excluding hydrogens is 252 g/mol. The van der Waals surface area contributed by atoms with Crippen LogP contribution in [-0.4, -0.2) is 50.2 Å². The van der Waals surface area contributed by atoms with Crippen LogP contribution in [-0.2, 0) is 9.53 Å². The zero-order valence-electron chi connectivity index (χ0n) is 13.7. The summed E-state index contributed by atoms with van der Waals surface area (Å²) in [5.74, 6) is 0.750. The van der Waals surface area contributed by atoms with Gasteiger partial charge in [0.2, 0.25) is 0 Å². The van der Waals surface area contributed by atoms with Gasteiger partial charge >= 0.3 is 5.97 Å². The van der Waals surface area contributed by atoms with Crippen molar-refractivity contribution in [1.29, 1.82) is 0 Å². The highest BCUT2D eigenvalue weighted by atomic mass is 16.5. The molecule has 20 heavy (non-hydrogen) atoms. The summed E-state index contributed by atoms with van der Waals surface area (Å²) in [4.78, 5) is 14.3. The van der Waals surface area contributed by atoms with Gasteiger partial charge in [0.05, 0.1) is 7.11 Å². The Balaban J connectivity index is 2.34. The first-order chi connectivity index (χ1) is 9.55. The lowest BCUT2D eigenvalue weighted by molar-refractivity contribution is -0.148. The molecule has 0 amide bonds. The molecule has 4 nitrogen and oxygen atoms in total. The van der Waals surface area contributed by atoms with E-state index in [1.165, 1.54) is 45.9 Å². The van der Waals surface area contributed by atoms with Crippen molar-refractivity contribution < 1.29 is 9.53 Å². The normalized spacial score (nSPS) is 23.9. The fraction of sp³-hybridized carbons (Fsp3) is 0.938. The van der Waals surface area contributed by atoms with Crippen LogP contribution in [0, 0.1) is 5.92 Å². The minimum atomic E-state index is -0.549. The van der Waals surface area contributed by atoms with Crippen molar-refractivity contribution in [2.75, 3.05) is 33.8 Å². The number of rotatable bonds is 7. The summed E-state index contributed by atoms with van der Waals surface area (Å²) in [6.45, 7) is 7.74. The summed E-state index contributed by atoms with van der Waals surface area (Å²) >= 11 is 0. The minimum absolute atomic E-state index is 0.165. The lowest BCUT2D eigenvalue weighted by Gasteiger charge is -2.27. The molecule has 118 valence electrons. The van der Waals surface area contributed by atoms with Crippen LogP contribution in [0.25, 0.3) is 0 Å². The van der Waals surface area contributed by atoms with Gasteiger partial charge in [-0.05, 0) is 71.6 Å². The smallest absolute Gasteiger partial charge is 0.325 e. The maximum Gasteiger partial charge on any atom is 0.325 e. The van der Waals surface area contributed by atoms with Gasteiger partial charge in [0, 0.05) is 0 Å². The van der Waals surface area contributed by atoms with E-state index in [2.05, 4.69) is 17.1 Å². The van der Waals surface area contributed by atoms with Crippen molar-refractivity contribution in [1.82, 2.24) is 10.2 Å². The number of likely N-dealkylation sites (N-methyl/N-ethyl adjacent to an activating group) is 1. The fourth-order valence-corrected chi connectivity index (χ4v) is 3.07. The van der Waals surface area contributed by atoms with E-state index in [9.17, 15) is 4.79 Å². The second kappa shape index (κ2) is 8.63. The quantitative estimate of drug-likeness (QED) is 0.729. The van der Waals surface area contributed by atoms with E-state index in [-0.39, 0.29) is 5.97 Å². The Labute approximate surface area is 124 Å². The molecule has 2 unspecified atom stereocenters. The zero-order valence-corrected chi connectivity index (χ0v) is 13.7. The summed E-state index contributed by atoms with van der Waals surface area (Å²) in [5, 5.41) is 3.10. The molecule has 0 aromatic heterocycles. The van der Waals surface area contributed by atoms with Gasteiger partial charge in [-0.3, -0.25) is 4.79 Å². The number of carbonyl (C=O) groups excluding carboxylic acids is 1. The number of nitrogens with zero attached hydrogens (tertiary/aromatic N) is 1. The van der Waals surface area contributed by atoms with Gasteiger partial charge in [-0.1, -0.05) is 13.3 Å². The highest BCUT2D eigenvalue weighted by molar-refractivity contribution is 5.80. The molecule has 2 atom stereocenters. The van der Waals surface area contributed by atoms with Crippen molar-refractivity contribution in [3.05, 3.63) is 0 Å². The van der Waals surface area contributed by atoms with Gasteiger partial charge in [0.15, 0.2) is 0 Å². The van der Waals surface area contributed by atoms with Crippen molar-refractivity contribution in [2.24, 2.45) is 5.92 Å². The van der Waals surface area contributed by atoms with Crippen molar-refractivity contribution in [2.45, 2.75) is 57.9 Å². The number of hydrogen-bond acceptors (Lipinski definition) is 4. The number of methoxy groups -OCH3 is 1. The zero-order chi connectivity index (χ0) is 15.0. The first-order valence-electron chi connectivity index (χ1n) is 8.05. The maximum absolute atomic E-state index is 11.8. The predicted octanol–water partition coefficient (Wildman–Crippen LogP) is 2.43. The molecule has 1 saturated heterocycles. The molecule has 0 aliphatic carbocycles. The lowest BCUT2D eigenvalue weighted by Crippen LogP contribution is -2.48. The Morgan fingerprint density at radius 2 is 2.15 bits per heavy atom. The molecule has 1 aliphatic heterocycles. The third kappa shape index (κ3) is 5.06. The van der Waals surface area contributed by atoms with Crippen molar-refractivity contribution in [3.63, 3.8) is 0 Å². The molecule has 0 radical (unpaired) electrons. The van der Waals surface area contributed by atoms with Crippen molar-refractivity contribution in [3.8, 4) is 0 Å². The average Bonchev–Trinajstić information content (AvgIpc) is 2.71. The van der Waals surface area contributed by atoms with Crippen LogP contribution in [0.5, 0.6) is 0 Å². The second-order valence-electron chi connectivity index (χ2n) is 6.22. The Kier molecular flexibility index (Phi) is 7.52. The van der Waals surface area contributed by atoms with Crippen LogP contribution in [0.3, 0.4) is 0 Å². The summed E-state index contributed by atoms with van der Waals surface area (Å²) in [6, 6.07) is 0. The van der Waals surface area contributed by atoms with Gasteiger partial charge < -0.3 is 15.0 Å². The Bertz CT molecular complexity index is 296. The first kappa shape index (κ1) is 17.4. The number of esters is 1. The molecule has 0 aromatic rings. The van der Waals surface area contributed by atoms with E-state index in [1.54, 1.807) is 0 Å². The van der Waals surface area contributed by atoms with Crippen LogP contribution < -0.4 is 5.32 Å². The number of carbonyl (C=O) groups is 1. The SMILES string of the molecule is CCC1CCCN(CCCC(C)(NC)C(=O)OC)CC1. The van der Waals surface area contributed by atoms with Crippen LogP contribution in [0.1, 0.15) is 52.4 Å². The summed E-state index contributed by atoms with van der Waals surface area (Å²) < 4.78 is 4.88. The number of hydrogen-bond donors (Lipinski definition) is 1. The van der Waals surface area contributed by atoms with Gasteiger partial charge in [0.1, 0.15) is 5.54 Å². The van der Waals surface area contributed by atoms with E-state index in [1.807, 2.05) is 14.0 Å². The van der Waals surface area contributed by atoms with E-state index >= 15 is 0 Å². The number of likely N-dealkylation sites (tertiary alicyclic amines) is 1. The topological polar surface area (TPSA) is 41.6 Å². The second-order valence-corrected chi connectivity index (χ2v) is 6.22. The minimum Gasteiger partial charge on any atom is -0.468 e. The molecular formula is C16H32N2O2. The standard InChI is InChI=1S/C16H32N2O2/c1-5-14-8-6-11-18(13-9-14)12-7-10-16(2,17-3)15(19)20-4/h14,17H,5-13H2,1-4H3. The Morgan fingerprint density at radius 3 is 2.75 bits per heavy atom. The number of nitrogens with one attached hydrogen (secondary N) is 1. The molecule has 1 rings (SSSR count). The molecule has 1 heterocycles. The van der Waals surface area contributed by atoms with Crippen molar-refractivity contribution >= 4 is 5.97 Å². The molecule has 1 aliphatic rings. The van der Waals surface area contributed by atoms with Crippen LogP contribution >= 0.6 is 0 Å². The average molecular weight is 284 g/mol. The van der Waals surface area contributed by atoms with Gasteiger partial charge in [-0.25, -0.2) is 0 Å². The maximum atomic E-state index is 11.8. The molecule has 1 N–H and O–H groups in total. The third-order valence-corrected chi connectivity index (χ3v) is 4.86. The Hall–Kier alpha value is -0.610. The third-order valence-electron chi connectivity index (χ3n) is 4.86. The Morgan fingerprint density at radius 1 is 1.40 bits per heavy atom. The molecule has 0 aromatic carbocycles. The number of ether oxygens (including phenoxy) is 1. The van der Waals surface area contributed by atoms with Gasteiger partial charge in [-0.2, -0.15) is 0 Å². The summed E-state index contributed by atoms with van der Waals surface area (Å²) in [7, 11) is 3.28. The van der Waals surface area contributed by atoms with Crippen LogP contribution in [0.2, 0.25) is 0 Å². The van der Waals surface area contributed by atoms with E-state index in [4.69, 9.17) is 4.74 Å². The summed E-state index contributed by atoms with van der Waals surface area (Å²) in [5.41, 5.74) is -0.549. The summed E-state index contributed by atoms with van der Waals surface area (Å²) in [6.07, 6.45) is 7.19. The largest absolute Gasteiger partial charge is 0.468 e. The molecule has 0 spiro atoms. The van der Waals surface area contributed by atoms with E-state index in [0.29, 0.717) is 0 Å². The molecule has 4 heteroatoms. The van der Waals surface area contributed by atoms with Crippen LogP contribution in [0.15, 0.2) is 0 Å². The van der Waals surface area contributed by atoms with E-state index < -0.39 is 5.54 Å². The monoisotopic (exact) mass is 284 g/mol. The molecule has 1 fully saturated rings. The molecule has 0 bridgehead atoms. The predicted molar refractivity (Wildman–Crippen MR) is 82.8 cm³/mol. The van der Waals surface area contributed by atoms with Crippen LogP contribution in [0.4, 0.5) is 0 Å². The highest BCUT2D eigenvalue weighted by Crippen LogP contribution is 2.21. The first-order valence-corrected chi connectivity index (χ1v) is 8.05. The fourth-order valence-electron chi connectivity index (χ4n) is 3.07. The van der Waals surface area contributed by atoms with Gasteiger partial charge in [-0.15, -0.1) is 0 Å². The highest BCUT2D eigenvalue weighted by Gasteiger charge is 2.32. The van der Waals surface area contributed by atoms with Gasteiger partial charge in [0.25, 0.3) is 0 Å².